The Kier molecular flexibility index (Phi) is 10.2. The van der Waals surface area contributed by atoms with E-state index in [0.29, 0.717) is 25.3 Å². The number of hydrogen-bond donors (Lipinski definition) is 2. The monoisotopic (exact) mass is 402 g/mol. The second-order valence-electron chi connectivity index (χ2n) is 7.63. The zero-order valence-corrected chi connectivity index (χ0v) is 17.5. The van der Waals surface area contributed by atoms with Crippen molar-refractivity contribution in [2.75, 3.05) is 19.7 Å². The Morgan fingerprint density at radius 2 is 1.66 bits per heavy atom. The number of carbonyl (C=O) groups is 3. The van der Waals surface area contributed by atoms with Crippen molar-refractivity contribution in [3.8, 4) is 5.75 Å². The first kappa shape index (κ1) is 22.9. The van der Waals surface area contributed by atoms with Crippen LogP contribution >= 0.6 is 0 Å². The fraction of sp³-hybridized carbons (Fsp3) is 0.609. The number of Topliss-reactive ketones (excluding diaryl/α,β-unsaturated/α-hetero) is 1. The highest BCUT2D eigenvalue weighted by atomic mass is 16.5. The van der Waals surface area contributed by atoms with E-state index in [1.54, 1.807) is 24.3 Å². The van der Waals surface area contributed by atoms with Gasteiger partial charge in [-0.25, -0.2) is 0 Å². The Bertz CT molecular complexity index is 651. The summed E-state index contributed by atoms with van der Waals surface area (Å²) in [6, 6.07) is 7.08. The summed E-state index contributed by atoms with van der Waals surface area (Å²) in [5, 5.41) is 5.62. The van der Waals surface area contributed by atoms with Crippen LogP contribution in [0.3, 0.4) is 0 Å². The van der Waals surface area contributed by atoms with E-state index in [9.17, 15) is 14.4 Å². The molecular weight excluding hydrogens is 368 g/mol. The van der Waals surface area contributed by atoms with E-state index in [4.69, 9.17) is 4.74 Å². The van der Waals surface area contributed by atoms with Gasteiger partial charge in [0, 0.05) is 37.4 Å². The highest BCUT2D eigenvalue weighted by molar-refractivity contribution is 5.98. The Balaban J connectivity index is 1.58. The maximum atomic E-state index is 12.2. The Labute approximate surface area is 173 Å². The minimum absolute atomic E-state index is 0.0628. The SMILES string of the molecule is CCCCCOc1ccc(C(=O)CCC(=O)NCCNC(=O)C2CCCC2)cc1. The molecular formula is C23H34N2O4. The Morgan fingerprint density at radius 1 is 0.966 bits per heavy atom. The van der Waals surface area contributed by atoms with Crippen LogP contribution in [0.2, 0.25) is 0 Å². The van der Waals surface area contributed by atoms with Gasteiger partial charge in [-0.2, -0.15) is 0 Å². The van der Waals surface area contributed by atoms with Gasteiger partial charge < -0.3 is 15.4 Å². The van der Waals surface area contributed by atoms with E-state index in [2.05, 4.69) is 17.6 Å². The van der Waals surface area contributed by atoms with Gasteiger partial charge in [0.2, 0.25) is 11.8 Å². The molecule has 160 valence electrons. The first-order valence-electron chi connectivity index (χ1n) is 10.9. The number of unbranched alkanes of at least 4 members (excludes halogenated alkanes) is 2. The van der Waals surface area contributed by atoms with Gasteiger partial charge in [0.05, 0.1) is 6.61 Å². The first-order valence-corrected chi connectivity index (χ1v) is 10.9. The van der Waals surface area contributed by atoms with Crippen LogP contribution in [0.15, 0.2) is 24.3 Å². The maximum Gasteiger partial charge on any atom is 0.223 e. The highest BCUT2D eigenvalue weighted by Gasteiger charge is 2.21. The summed E-state index contributed by atoms with van der Waals surface area (Å²) in [7, 11) is 0. The van der Waals surface area contributed by atoms with E-state index in [1.165, 1.54) is 0 Å². The zero-order chi connectivity index (χ0) is 20.9. The van der Waals surface area contributed by atoms with Gasteiger partial charge in [0.1, 0.15) is 5.75 Å². The molecule has 0 bridgehead atoms. The van der Waals surface area contributed by atoms with Crippen molar-refractivity contribution in [1.29, 1.82) is 0 Å². The lowest BCUT2D eigenvalue weighted by Gasteiger charge is -2.11. The lowest BCUT2D eigenvalue weighted by atomic mass is 10.1. The number of amides is 2. The average molecular weight is 403 g/mol. The van der Waals surface area contributed by atoms with Gasteiger partial charge in [-0.3, -0.25) is 14.4 Å². The molecule has 2 amide bonds. The minimum Gasteiger partial charge on any atom is -0.494 e. The van der Waals surface area contributed by atoms with E-state index >= 15 is 0 Å². The summed E-state index contributed by atoms with van der Waals surface area (Å²) >= 11 is 0. The van der Waals surface area contributed by atoms with Crippen LogP contribution in [-0.2, 0) is 9.59 Å². The van der Waals surface area contributed by atoms with Crippen LogP contribution < -0.4 is 15.4 Å². The van der Waals surface area contributed by atoms with Crippen molar-refractivity contribution in [3.05, 3.63) is 29.8 Å². The molecule has 1 aromatic rings. The van der Waals surface area contributed by atoms with Gasteiger partial charge in [-0.1, -0.05) is 32.6 Å². The molecule has 0 unspecified atom stereocenters. The molecule has 0 spiro atoms. The maximum absolute atomic E-state index is 12.2. The molecule has 29 heavy (non-hydrogen) atoms. The van der Waals surface area contributed by atoms with E-state index in [1.807, 2.05) is 0 Å². The molecule has 0 radical (unpaired) electrons. The van der Waals surface area contributed by atoms with E-state index in [0.717, 1.165) is 50.7 Å². The molecule has 1 aliphatic rings. The average Bonchev–Trinajstić information content (AvgIpc) is 3.28. The smallest absolute Gasteiger partial charge is 0.223 e. The van der Waals surface area contributed by atoms with Crippen LogP contribution in [-0.4, -0.2) is 37.3 Å². The number of nitrogens with one attached hydrogen (secondary N) is 2. The van der Waals surface area contributed by atoms with Gasteiger partial charge >= 0.3 is 0 Å². The summed E-state index contributed by atoms with van der Waals surface area (Å²) in [5.74, 6) is 0.743. The molecule has 0 saturated heterocycles. The zero-order valence-electron chi connectivity index (χ0n) is 17.5. The first-order chi connectivity index (χ1) is 14.1. The van der Waals surface area contributed by atoms with Crippen LogP contribution in [0, 0.1) is 5.92 Å². The van der Waals surface area contributed by atoms with E-state index < -0.39 is 0 Å². The van der Waals surface area contributed by atoms with Crippen LogP contribution in [0.4, 0.5) is 0 Å². The lowest BCUT2D eigenvalue weighted by molar-refractivity contribution is -0.125. The fourth-order valence-corrected chi connectivity index (χ4v) is 3.46. The second kappa shape index (κ2) is 13.0. The third-order valence-electron chi connectivity index (χ3n) is 5.24. The molecule has 1 aromatic carbocycles. The quantitative estimate of drug-likeness (QED) is 0.390. The molecule has 2 rings (SSSR count). The molecule has 1 fully saturated rings. The molecule has 0 atom stereocenters. The summed E-state index contributed by atoms with van der Waals surface area (Å²) in [5.41, 5.74) is 0.586. The number of hydrogen-bond acceptors (Lipinski definition) is 4. The van der Waals surface area contributed by atoms with Gasteiger partial charge in [-0.15, -0.1) is 0 Å². The number of benzene rings is 1. The van der Waals surface area contributed by atoms with Crippen molar-refractivity contribution in [3.63, 3.8) is 0 Å². The number of rotatable bonds is 13. The van der Waals surface area contributed by atoms with Crippen molar-refractivity contribution >= 4 is 17.6 Å². The highest BCUT2D eigenvalue weighted by Crippen LogP contribution is 2.24. The van der Waals surface area contributed by atoms with Gasteiger partial charge in [-0.05, 0) is 43.5 Å². The molecule has 6 nitrogen and oxygen atoms in total. The van der Waals surface area contributed by atoms with Gasteiger partial charge in [0.15, 0.2) is 5.78 Å². The second-order valence-corrected chi connectivity index (χ2v) is 7.63. The van der Waals surface area contributed by atoms with Crippen LogP contribution in [0.25, 0.3) is 0 Å². The number of carbonyl (C=O) groups excluding carboxylic acids is 3. The molecule has 0 aliphatic heterocycles. The lowest BCUT2D eigenvalue weighted by Crippen LogP contribution is -2.37. The Hall–Kier alpha value is -2.37. The summed E-state index contributed by atoms with van der Waals surface area (Å²) in [4.78, 5) is 36.1. The molecule has 6 heteroatoms. The fourth-order valence-electron chi connectivity index (χ4n) is 3.46. The summed E-state index contributed by atoms with van der Waals surface area (Å²) in [6.07, 6.45) is 7.80. The predicted molar refractivity (Wildman–Crippen MR) is 113 cm³/mol. The van der Waals surface area contributed by atoms with Crippen molar-refractivity contribution in [2.24, 2.45) is 5.92 Å². The number of ether oxygens (including phenoxy) is 1. The number of ketones is 1. The molecule has 0 aromatic heterocycles. The third-order valence-corrected chi connectivity index (χ3v) is 5.24. The van der Waals surface area contributed by atoms with Crippen LogP contribution in [0.5, 0.6) is 5.75 Å². The summed E-state index contributed by atoms with van der Waals surface area (Å²) in [6.45, 7) is 3.64. The standard InChI is InChI=1S/C23H34N2O4/c1-2-3-6-17-29-20-11-9-18(10-12-20)21(26)13-14-22(27)24-15-16-25-23(28)19-7-4-5-8-19/h9-12,19H,2-8,13-17H2,1H3,(H,24,27)(H,25,28). The predicted octanol–water partition coefficient (Wildman–Crippen LogP) is 3.64. The molecule has 1 saturated carbocycles. The van der Waals surface area contributed by atoms with E-state index in [-0.39, 0.29) is 36.4 Å². The van der Waals surface area contributed by atoms with Crippen molar-refractivity contribution in [1.82, 2.24) is 10.6 Å². The van der Waals surface area contributed by atoms with Crippen molar-refractivity contribution < 1.29 is 19.1 Å². The minimum atomic E-state index is -0.177. The van der Waals surface area contributed by atoms with Gasteiger partial charge in [0.25, 0.3) is 0 Å². The Morgan fingerprint density at radius 3 is 2.34 bits per heavy atom. The molecule has 1 aliphatic carbocycles. The summed E-state index contributed by atoms with van der Waals surface area (Å²) < 4.78 is 5.64. The largest absolute Gasteiger partial charge is 0.494 e. The van der Waals surface area contributed by atoms with Crippen molar-refractivity contribution in [2.45, 2.75) is 64.7 Å². The normalized spacial score (nSPS) is 13.8. The third kappa shape index (κ3) is 8.67. The van der Waals surface area contributed by atoms with Crippen LogP contribution in [0.1, 0.15) is 75.1 Å². The topological polar surface area (TPSA) is 84.5 Å². The molecule has 0 heterocycles. The molecule has 2 N–H and O–H groups in total.